The van der Waals surface area contributed by atoms with Gasteiger partial charge in [0.05, 0.1) is 10.6 Å². The number of anilines is 2. The molecular weight excluding hydrogens is 410 g/mol. The Morgan fingerprint density at radius 2 is 1.77 bits per heavy atom. The first-order valence-electron chi connectivity index (χ1n) is 9.08. The molecule has 10 heteroatoms. The number of benzene rings is 2. The van der Waals surface area contributed by atoms with E-state index in [2.05, 4.69) is 15.2 Å². The average molecular weight is 429 g/mol. The van der Waals surface area contributed by atoms with Crippen molar-refractivity contribution in [2.24, 2.45) is 0 Å². The van der Waals surface area contributed by atoms with Gasteiger partial charge in [-0.15, -0.1) is 0 Å². The smallest absolute Gasteiger partial charge is 0.269 e. The summed E-state index contributed by atoms with van der Waals surface area (Å²) in [4.78, 5) is 12.5. The normalized spacial score (nSPS) is 15.5. The third-order valence-electron chi connectivity index (χ3n) is 4.62. The molecule has 0 saturated heterocycles. The van der Waals surface area contributed by atoms with E-state index in [0.717, 1.165) is 0 Å². The fraction of sp³-hybridized carbons (Fsp3) is 0.200. The molecule has 30 heavy (non-hydrogen) atoms. The van der Waals surface area contributed by atoms with Gasteiger partial charge < -0.3 is 19.3 Å². The number of ether oxygens (including phenoxy) is 2. The second-order valence-corrected chi connectivity index (χ2v) is 8.39. The Hall–Kier alpha value is -3.53. The molecule has 0 aliphatic carbocycles. The number of nitrogens with one attached hydrogen (secondary N) is 2. The Morgan fingerprint density at radius 3 is 2.43 bits per heavy atom. The van der Waals surface area contributed by atoms with Crippen LogP contribution in [0.4, 0.5) is 11.6 Å². The highest BCUT2D eigenvalue weighted by atomic mass is 32.2. The lowest BCUT2D eigenvalue weighted by atomic mass is 10.2. The van der Waals surface area contributed by atoms with Crippen molar-refractivity contribution in [3.8, 4) is 11.5 Å². The zero-order chi connectivity index (χ0) is 21.3. The van der Waals surface area contributed by atoms with Crippen molar-refractivity contribution in [2.75, 3.05) is 16.6 Å². The molecule has 4 rings (SSSR count). The predicted octanol–water partition coefficient (Wildman–Crippen LogP) is 2.87. The molecule has 0 fully saturated rings. The summed E-state index contributed by atoms with van der Waals surface area (Å²) in [5.41, 5.74) is 1.63. The number of sulfonamides is 1. The van der Waals surface area contributed by atoms with Gasteiger partial charge in [-0.3, -0.25) is 4.79 Å². The van der Waals surface area contributed by atoms with Crippen molar-refractivity contribution in [2.45, 2.75) is 24.8 Å². The van der Waals surface area contributed by atoms with Crippen molar-refractivity contribution in [3.05, 3.63) is 59.8 Å². The number of aromatic nitrogens is 1. The van der Waals surface area contributed by atoms with Crippen molar-refractivity contribution in [1.82, 2.24) is 5.16 Å². The minimum atomic E-state index is -3.86. The number of aryl methyl sites for hydroxylation is 1. The Bertz CT molecular complexity index is 1190. The summed E-state index contributed by atoms with van der Waals surface area (Å²) in [5.74, 6) is 0.751. The van der Waals surface area contributed by atoms with Crippen LogP contribution in [0.3, 0.4) is 0 Å². The molecule has 0 spiro atoms. The molecule has 0 radical (unpaired) electrons. The topological polar surface area (TPSA) is 120 Å². The van der Waals surface area contributed by atoms with Crippen LogP contribution in [0.2, 0.25) is 0 Å². The number of para-hydroxylation sites is 2. The summed E-state index contributed by atoms with van der Waals surface area (Å²) in [6.07, 6.45) is -0.817. The predicted molar refractivity (Wildman–Crippen MR) is 108 cm³/mol. The average Bonchev–Trinajstić information content (AvgIpc) is 3.05. The lowest BCUT2D eigenvalue weighted by Gasteiger charge is -2.25. The van der Waals surface area contributed by atoms with E-state index in [1.807, 2.05) is 6.07 Å². The summed E-state index contributed by atoms with van der Waals surface area (Å²) in [5, 5.41) is 6.42. The van der Waals surface area contributed by atoms with Gasteiger partial charge in [-0.05, 0) is 50.2 Å². The summed E-state index contributed by atoms with van der Waals surface area (Å²) in [7, 11) is -3.86. The van der Waals surface area contributed by atoms with Crippen molar-refractivity contribution in [3.63, 3.8) is 0 Å². The number of carbonyl (C=O) groups is 1. The molecule has 2 heterocycles. The molecule has 1 amide bonds. The fourth-order valence-electron chi connectivity index (χ4n) is 2.78. The molecule has 2 N–H and O–H groups in total. The number of hydrogen-bond donors (Lipinski definition) is 2. The minimum Gasteiger partial charge on any atom is -0.485 e. The zero-order valence-electron chi connectivity index (χ0n) is 16.2. The Morgan fingerprint density at radius 1 is 1.07 bits per heavy atom. The Kier molecular flexibility index (Phi) is 5.08. The maximum Gasteiger partial charge on any atom is 0.269 e. The molecule has 9 nitrogen and oxygen atoms in total. The van der Waals surface area contributed by atoms with Gasteiger partial charge in [0.15, 0.2) is 11.5 Å². The van der Waals surface area contributed by atoms with Crippen LogP contribution in [0.25, 0.3) is 0 Å². The maximum absolute atomic E-state index is 12.5. The van der Waals surface area contributed by atoms with E-state index < -0.39 is 22.0 Å². The Labute approximate surface area is 173 Å². The van der Waals surface area contributed by atoms with Gasteiger partial charge in [-0.1, -0.05) is 17.3 Å². The van der Waals surface area contributed by atoms with Crippen LogP contribution in [-0.2, 0) is 14.8 Å². The van der Waals surface area contributed by atoms with Crippen LogP contribution in [0.15, 0.2) is 57.9 Å². The minimum absolute atomic E-state index is 0.0140. The van der Waals surface area contributed by atoms with Crippen LogP contribution < -0.4 is 19.5 Å². The fourth-order valence-corrected chi connectivity index (χ4v) is 3.83. The first kappa shape index (κ1) is 19.8. The SMILES string of the molecule is Cc1noc(NS(=O)(=O)c2ccc(NC(=O)[C@H]3COc4ccccc4O3)cc2)c1C. The van der Waals surface area contributed by atoms with Gasteiger partial charge in [0.1, 0.15) is 6.61 Å². The molecule has 1 aliphatic rings. The largest absolute Gasteiger partial charge is 0.485 e. The number of rotatable bonds is 5. The first-order chi connectivity index (χ1) is 14.3. The molecule has 0 unspecified atom stereocenters. The van der Waals surface area contributed by atoms with E-state index in [0.29, 0.717) is 28.4 Å². The van der Waals surface area contributed by atoms with Gasteiger partial charge >= 0.3 is 0 Å². The standard InChI is InChI=1S/C20H19N3O6S/c1-12-13(2)22-29-20(12)23-30(25,26)15-9-7-14(8-10-15)21-19(24)18-11-27-16-5-3-4-6-17(16)28-18/h3-10,18,23H,11H2,1-2H3,(H,21,24)/t18-/m1/s1. The van der Waals surface area contributed by atoms with Gasteiger partial charge in [-0.2, -0.15) is 0 Å². The molecule has 1 atom stereocenters. The van der Waals surface area contributed by atoms with E-state index >= 15 is 0 Å². The number of hydrogen-bond acceptors (Lipinski definition) is 7. The summed E-state index contributed by atoms with van der Waals surface area (Å²) < 4.78 is 43.6. The summed E-state index contributed by atoms with van der Waals surface area (Å²) in [6, 6.07) is 12.8. The second-order valence-electron chi connectivity index (χ2n) is 6.71. The van der Waals surface area contributed by atoms with E-state index in [9.17, 15) is 13.2 Å². The third-order valence-corrected chi connectivity index (χ3v) is 5.96. The van der Waals surface area contributed by atoms with Crippen molar-refractivity contribution < 1.29 is 27.2 Å². The van der Waals surface area contributed by atoms with Crippen molar-refractivity contribution in [1.29, 1.82) is 0 Å². The van der Waals surface area contributed by atoms with Crippen LogP contribution >= 0.6 is 0 Å². The second kappa shape index (κ2) is 7.71. The lowest BCUT2D eigenvalue weighted by Crippen LogP contribution is -2.40. The van der Waals surface area contributed by atoms with Gasteiger partial charge in [0.25, 0.3) is 15.9 Å². The molecular formula is C20H19N3O6S. The quantitative estimate of drug-likeness (QED) is 0.640. The number of fused-ring (bicyclic) bond motifs is 1. The third kappa shape index (κ3) is 3.94. The van der Waals surface area contributed by atoms with Gasteiger partial charge in [0, 0.05) is 11.3 Å². The van der Waals surface area contributed by atoms with Crippen LogP contribution in [0, 0.1) is 13.8 Å². The Balaban J connectivity index is 1.42. The van der Waals surface area contributed by atoms with Crippen LogP contribution in [-0.4, -0.2) is 32.2 Å². The van der Waals surface area contributed by atoms with Crippen LogP contribution in [0.5, 0.6) is 11.5 Å². The highest BCUT2D eigenvalue weighted by molar-refractivity contribution is 7.92. The molecule has 1 aromatic heterocycles. The van der Waals surface area contributed by atoms with E-state index in [4.69, 9.17) is 14.0 Å². The highest BCUT2D eigenvalue weighted by Crippen LogP contribution is 2.31. The molecule has 1 aliphatic heterocycles. The molecule has 3 aromatic rings. The summed E-state index contributed by atoms with van der Waals surface area (Å²) in [6.45, 7) is 3.50. The number of nitrogens with zero attached hydrogens (tertiary/aromatic N) is 1. The van der Waals surface area contributed by atoms with E-state index in [1.54, 1.807) is 32.0 Å². The molecule has 0 bridgehead atoms. The number of carbonyl (C=O) groups excluding carboxylic acids is 1. The zero-order valence-corrected chi connectivity index (χ0v) is 17.0. The van der Waals surface area contributed by atoms with E-state index in [-0.39, 0.29) is 17.4 Å². The van der Waals surface area contributed by atoms with E-state index in [1.165, 1.54) is 24.3 Å². The summed E-state index contributed by atoms with van der Waals surface area (Å²) >= 11 is 0. The number of amides is 1. The van der Waals surface area contributed by atoms with Gasteiger partial charge in [0.2, 0.25) is 12.0 Å². The molecule has 156 valence electrons. The van der Waals surface area contributed by atoms with Crippen LogP contribution in [0.1, 0.15) is 11.3 Å². The van der Waals surface area contributed by atoms with Crippen molar-refractivity contribution >= 4 is 27.5 Å². The highest BCUT2D eigenvalue weighted by Gasteiger charge is 2.27. The molecule has 0 saturated carbocycles. The van der Waals surface area contributed by atoms with Gasteiger partial charge in [-0.25, -0.2) is 13.1 Å². The first-order valence-corrected chi connectivity index (χ1v) is 10.6. The molecule has 2 aromatic carbocycles. The lowest BCUT2D eigenvalue weighted by molar-refractivity contribution is -0.125. The monoisotopic (exact) mass is 429 g/mol. The maximum atomic E-state index is 12.5.